The van der Waals surface area contributed by atoms with Crippen molar-refractivity contribution in [3.8, 4) is 5.75 Å². The summed E-state index contributed by atoms with van der Waals surface area (Å²) >= 11 is 9.59. The third-order valence-corrected chi connectivity index (χ3v) is 9.83. The maximum absolute atomic E-state index is 14.5. The second-order valence-corrected chi connectivity index (χ2v) is 14.4. The highest BCUT2D eigenvalue weighted by Crippen LogP contribution is 2.27. The molecule has 4 aromatic carbocycles. The molecule has 4 aromatic rings. The van der Waals surface area contributed by atoms with E-state index in [9.17, 15) is 18.0 Å². The first-order valence-corrected chi connectivity index (χ1v) is 17.4. The third-order valence-electron chi connectivity index (χ3n) is 7.26. The number of methoxy groups -OCH3 is 1. The quantitative estimate of drug-likeness (QED) is 0.156. The summed E-state index contributed by atoms with van der Waals surface area (Å²) in [5.41, 5.74) is 1.89. The summed E-state index contributed by atoms with van der Waals surface area (Å²) in [5, 5.41) is 3.41. The van der Waals surface area contributed by atoms with Crippen molar-refractivity contribution in [2.45, 2.75) is 37.8 Å². The normalized spacial score (nSPS) is 12.0. The molecule has 0 radical (unpaired) electrons. The Bertz CT molecular complexity index is 1700. The zero-order valence-corrected chi connectivity index (χ0v) is 29.1. The maximum Gasteiger partial charge on any atom is 0.264 e. The summed E-state index contributed by atoms with van der Waals surface area (Å²) in [6.45, 7) is 3.93. The van der Waals surface area contributed by atoms with Crippen LogP contribution < -0.4 is 14.4 Å². The number of anilines is 1. The fourth-order valence-corrected chi connectivity index (χ4v) is 6.58. The van der Waals surface area contributed by atoms with E-state index in [0.29, 0.717) is 17.3 Å². The number of halogens is 2. The molecule has 2 amide bonds. The first kappa shape index (κ1) is 35.0. The first-order chi connectivity index (χ1) is 22.0. The van der Waals surface area contributed by atoms with Gasteiger partial charge in [0.1, 0.15) is 18.3 Å². The van der Waals surface area contributed by atoms with E-state index >= 15 is 0 Å². The molecule has 0 bridgehead atoms. The van der Waals surface area contributed by atoms with Gasteiger partial charge in [-0.1, -0.05) is 83.8 Å². The molecule has 8 nitrogen and oxygen atoms in total. The number of nitrogens with one attached hydrogen (secondary N) is 1. The highest BCUT2D eigenvalue weighted by atomic mass is 79.9. The molecule has 0 saturated carbocycles. The molecule has 1 unspecified atom stereocenters. The van der Waals surface area contributed by atoms with E-state index in [-0.39, 0.29) is 35.4 Å². The molecular formula is C35H37BrClN3O5S. The van der Waals surface area contributed by atoms with E-state index in [1.807, 2.05) is 68.4 Å². The van der Waals surface area contributed by atoms with Crippen molar-refractivity contribution >= 4 is 55.1 Å². The molecule has 0 spiro atoms. The number of amides is 2. The monoisotopic (exact) mass is 725 g/mol. The Balaban J connectivity index is 1.79. The summed E-state index contributed by atoms with van der Waals surface area (Å²) in [6.07, 6.45) is 0.235. The largest absolute Gasteiger partial charge is 0.497 e. The zero-order valence-electron chi connectivity index (χ0n) is 25.9. The first-order valence-electron chi connectivity index (χ1n) is 14.8. The van der Waals surface area contributed by atoms with Crippen molar-refractivity contribution in [1.82, 2.24) is 10.2 Å². The third kappa shape index (κ3) is 9.34. The van der Waals surface area contributed by atoms with Crippen molar-refractivity contribution in [3.63, 3.8) is 0 Å². The van der Waals surface area contributed by atoms with Crippen LogP contribution in [0.5, 0.6) is 5.75 Å². The SMILES string of the molecule is COc1ccc(S(=O)(=O)N(CC(=O)N(Cc2ccc(Br)cc2)C(Cc2ccccc2)C(=O)NCC(C)C)c2ccc(Cl)cc2)cc1. The fraction of sp³-hybridized carbons (Fsp3) is 0.257. The molecule has 1 atom stereocenters. The van der Waals surface area contributed by atoms with Crippen LogP contribution >= 0.6 is 27.5 Å². The van der Waals surface area contributed by atoms with E-state index in [4.69, 9.17) is 16.3 Å². The average molecular weight is 727 g/mol. The van der Waals surface area contributed by atoms with Gasteiger partial charge in [-0.3, -0.25) is 13.9 Å². The smallest absolute Gasteiger partial charge is 0.264 e. The molecule has 0 aliphatic heterocycles. The van der Waals surface area contributed by atoms with Crippen LogP contribution in [0.3, 0.4) is 0 Å². The van der Waals surface area contributed by atoms with Gasteiger partial charge in [0.05, 0.1) is 17.7 Å². The van der Waals surface area contributed by atoms with Gasteiger partial charge in [0.25, 0.3) is 10.0 Å². The number of nitrogens with zero attached hydrogens (tertiary/aromatic N) is 2. The van der Waals surface area contributed by atoms with Crippen LogP contribution in [0.4, 0.5) is 5.69 Å². The van der Waals surface area contributed by atoms with Gasteiger partial charge < -0.3 is 15.0 Å². The summed E-state index contributed by atoms with van der Waals surface area (Å²) < 4.78 is 35.4. The molecule has 0 aromatic heterocycles. The molecule has 0 aliphatic rings. The molecule has 46 heavy (non-hydrogen) atoms. The highest BCUT2D eigenvalue weighted by molar-refractivity contribution is 9.10. The van der Waals surface area contributed by atoms with Gasteiger partial charge in [0, 0.05) is 29.0 Å². The van der Waals surface area contributed by atoms with Crippen LogP contribution in [0.1, 0.15) is 25.0 Å². The Labute approximate surface area is 284 Å². The maximum atomic E-state index is 14.5. The van der Waals surface area contributed by atoms with Crippen LogP contribution in [0.2, 0.25) is 5.02 Å². The van der Waals surface area contributed by atoms with Crippen LogP contribution in [0.25, 0.3) is 0 Å². The van der Waals surface area contributed by atoms with Gasteiger partial charge in [-0.2, -0.15) is 0 Å². The molecule has 11 heteroatoms. The number of hydrogen-bond donors (Lipinski definition) is 1. The van der Waals surface area contributed by atoms with Gasteiger partial charge in [-0.05, 0) is 77.7 Å². The lowest BCUT2D eigenvalue weighted by Crippen LogP contribution is -2.53. The molecule has 0 fully saturated rings. The van der Waals surface area contributed by atoms with Gasteiger partial charge in [-0.15, -0.1) is 0 Å². The van der Waals surface area contributed by atoms with Crippen LogP contribution in [0.15, 0.2) is 112 Å². The lowest BCUT2D eigenvalue weighted by atomic mass is 10.0. The Kier molecular flexibility index (Phi) is 12.3. The van der Waals surface area contributed by atoms with Crippen molar-refractivity contribution < 1.29 is 22.7 Å². The minimum Gasteiger partial charge on any atom is -0.497 e. The van der Waals surface area contributed by atoms with Gasteiger partial charge >= 0.3 is 0 Å². The van der Waals surface area contributed by atoms with Gasteiger partial charge in [0.15, 0.2) is 0 Å². The minimum absolute atomic E-state index is 0.0222. The number of carbonyl (C=O) groups is 2. The second kappa shape index (κ2) is 16.1. The number of hydrogen-bond acceptors (Lipinski definition) is 5. The molecule has 0 heterocycles. The van der Waals surface area contributed by atoms with Crippen LogP contribution in [0, 0.1) is 5.92 Å². The number of benzene rings is 4. The molecule has 1 N–H and O–H groups in total. The van der Waals surface area contributed by atoms with Crippen LogP contribution in [-0.4, -0.2) is 51.4 Å². The molecule has 4 rings (SSSR count). The summed E-state index contributed by atoms with van der Waals surface area (Å²) in [6, 6.07) is 28.1. The molecule has 0 aliphatic carbocycles. The van der Waals surface area contributed by atoms with Gasteiger partial charge in [-0.25, -0.2) is 8.42 Å². The Morgan fingerprint density at radius 1 is 0.870 bits per heavy atom. The predicted octanol–water partition coefficient (Wildman–Crippen LogP) is 6.72. The van der Waals surface area contributed by atoms with Gasteiger partial charge in [0.2, 0.25) is 11.8 Å². The van der Waals surface area contributed by atoms with E-state index in [0.717, 1.165) is 19.9 Å². The highest BCUT2D eigenvalue weighted by Gasteiger charge is 2.34. The molecule has 0 saturated heterocycles. The Morgan fingerprint density at radius 2 is 1.50 bits per heavy atom. The van der Waals surface area contributed by atoms with E-state index in [1.54, 1.807) is 36.4 Å². The molecular weight excluding hydrogens is 690 g/mol. The van der Waals surface area contributed by atoms with Crippen LogP contribution in [-0.2, 0) is 32.6 Å². The lowest BCUT2D eigenvalue weighted by molar-refractivity contribution is -0.140. The fourth-order valence-electron chi connectivity index (χ4n) is 4.77. The van der Waals surface area contributed by atoms with E-state index < -0.39 is 28.5 Å². The summed E-state index contributed by atoms with van der Waals surface area (Å²) in [5.74, 6) is -0.188. The average Bonchev–Trinajstić information content (AvgIpc) is 3.05. The summed E-state index contributed by atoms with van der Waals surface area (Å²) in [7, 11) is -2.75. The lowest BCUT2D eigenvalue weighted by Gasteiger charge is -2.34. The number of rotatable bonds is 14. The number of ether oxygens (including phenoxy) is 1. The number of sulfonamides is 1. The summed E-state index contributed by atoms with van der Waals surface area (Å²) in [4.78, 5) is 29.8. The number of carbonyl (C=O) groups excluding carboxylic acids is 2. The van der Waals surface area contributed by atoms with Crippen molar-refractivity contribution in [2.24, 2.45) is 5.92 Å². The zero-order chi connectivity index (χ0) is 33.3. The standard InChI is InChI=1S/C35H37BrClN3O5S/c1-25(2)22-38-35(42)33(21-26-7-5-4-6-8-26)39(23-27-9-11-28(36)12-10-27)34(41)24-40(30-15-13-29(37)14-16-30)46(43,44)32-19-17-31(45-3)18-20-32/h4-20,25,33H,21-24H2,1-3H3,(H,38,42). The van der Waals surface area contributed by atoms with E-state index in [1.165, 1.54) is 24.1 Å². The van der Waals surface area contributed by atoms with Crippen molar-refractivity contribution in [3.05, 3.63) is 124 Å². The molecule has 242 valence electrons. The van der Waals surface area contributed by atoms with Crippen molar-refractivity contribution in [2.75, 3.05) is 24.5 Å². The Morgan fingerprint density at radius 3 is 2.09 bits per heavy atom. The minimum atomic E-state index is -4.24. The predicted molar refractivity (Wildman–Crippen MR) is 185 cm³/mol. The van der Waals surface area contributed by atoms with Crippen molar-refractivity contribution in [1.29, 1.82) is 0 Å². The van der Waals surface area contributed by atoms with E-state index in [2.05, 4.69) is 21.2 Å². The second-order valence-electron chi connectivity index (χ2n) is 11.2. The Hall–Kier alpha value is -3.86. The topological polar surface area (TPSA) is 96.0 Å².